The van der Waals surface area contributed by atoms with Crippen molar-refractivity contribution in [3.05, 3.63) is 45.8 Å². The molecule has 0 amide bonds. The average Bonchev–Trinajstić information content (AvgIpc) is 2.92. The monoisotopic (exact) mass is 388 g/mol. The van der Waals surface area contributed by atoms with Crippen LogP contribution in [-0.2, 0) is 21.7 Å². The van der Waals surface area contributed by atoms with Gasteiger partial charge >= 0.3 is 21.7 Å². The van der Waals surface area contributed by atoms with Crippen molar-refractivity contribution in [2.45, 2.75) is 53.6 Å². The van der Waals surface area contributed by atoms with Crippen LogP contribution in [0.3, 0.4) is 0 Å². The molecule has 2 aliphatic carbocycles. The molecule has 2 unspecified atom stereocenters. The molecule has 0 aromatic rings. The van der Waals surface area contributed by atoms with Crippen molar-refractivity contribution < 1.29 is 46.5 Å². The summed E-state index contributed by atoms with van der Waals surface area (Å²) in [5.41, 5.74) is 2.94. The Balaban J connectivity index is 0. The summed E-state index contributed by atoms with van der Waals surface area (Å²) in [6.45, 7) is 14.0. The Hall–Kier alpha value is 0.471. The van der Waals surface area contributed by atoms with Crippen molar-refractivity contribution in [3.63, 3.8) is 0 Å². The van der Waals surface area contributed by atoms with Crippen molar-refractivity contribution in [1.82, 2.24) is 0 Å². The van der Waals surface area contributed by atoms with Gasteiger partial charge in [0.15, 0.2) is 0 Å². The first-order valence-electron chi connectivity index (χ1n) is 7.60. The summed E-state index contributed by atoms with van der Waals surface area (Å²) in [6.07, 6.45) is 14.4. The smallest absolute Gasteiger partial charge is 1.00 e. The summed E-state index contributed by atoms with van der Waals surface area (Å²) < 4.78 is 0. The zero-order chi connectivity index (χ0) is 14.2. The summed E-state index contributed by atoms with van der Waals surface area (Å²) in [6, 6.07) is 0. The zero-order valence-electron chi connectivity index (χ0n) is 14.5. The van der Waals surface area contributed by atoms with Crippen LogP contribution in [-0.4, -0.2) is 8.07 Å². The van der Waals surface area contributed by atoms with Crippen LogP contribution in [0.15, 0.2) is 33.7 Å². The van der Waals surface area contributed by atoms with Gasteiger partial charge in [0.05, 0.1) is 0 Å². The van der Waals surface area contributed by atoms with Gasteiger partial charge in [-0.1, -0.05) is 73.5 Å². The van der Waals surface area contributed by atoms with Crippen LogP contribution in [0.2, 0.25) is 13.1 Å². The molecule has 2 rings (SSSR count). The van der Waals surface area contributed by atoms with Crippen molar-refractivity contribution >= 4 is 8.07 Å². The van der Waals surface area contributed by atoms with Crippen LogP contribution in [0.4, 0.5) is 0 Å². The average molecular weight is 389 g/mol. The molecule has 0 radical (unpaired) electrons. The number of halogens is 2. The first-order valence-corrected chi connectivity index (χ1v) is 10.6. The van der Waals surface area contributed by atoms with Crippen LogP contribution in [0.25, 0.3) is 0 Å². The van der Waals surface area contributed by atoms with Crippen LogP contribution >= 0.6 is 0 Å². The molecule has 0 aromatic carbocycles. The quantitative estimate of drug-likeness (QED) is 0.437. The molecule has 0 nitrogen and oxygen atoms in total. The molecule has 4 heteroatoms. The number of rotatable bonds is 4. The Bertz CT molecular complexity index is 457. The molecule has 120 valence electrons. The first kappa shape index (κ1) is 24.7. The van der Waals surface area contributed by atoms with Crippen LogP contribution in [0, 0.1) is 24.0 Å². The number of hydrogen-bond donors (Lipinski definition) is 0. The summed E-state index contributed by atoms with van der Waals surface area (Å²) in [4.78, 5) is 0. The maximum absolute atomic E-state index is 3.63. The molecule has 0 saturated carbocycles. The predicted octanol–water partition coefficient (Wildman–Crippen LogP) is -0.790. The molecule has 2 aliphatic rings. The molecular formula is C18H26Cl2SiTi. The molecule has 0 saturated heterocycles. The van der Waals surface area contributed by atoms with Crippen LogP contribution in [0.5, 0.6) is 0 Å². The topological polar surface area (TPSA) is 0 Å². The Morgan fingerprint density at radius 1 is 0.864 bits per heavy atom. The van der Waals surface area contributed by atoms with Gasteiger partial charge in [0.25, 0.3) is 0 Å². The van der Waals surface area contributed by atoms with Crippen molar-refractivity contribution in [2.75, 3.05) is 0 Å². The largest absolute Gasteiger partial charge is 4.00 e. The van der Waals surface area contributed by atoms with E-state index in [9.17, 15) is 0 Å². The summed E-state index contributed by atoms with van der Waals surface area (Å²) in [5, 5.41) is 3.24. The summed E-state index contributed by atoms with van der Waals surface area (Å²) in [7, 11) is -1.57. The van der Waals surface area contributed by atoms with E-state index in [1.165, 1.54) is 11.1 Å². The van der Waals surface area contributed by atoms with Gasteiger partial charge in [-0.05, 0) is 0 Å². The summed E-state index contributed by atoms with van der Waals surface area (Å²) >= 11 is 0. The first-order chi connectivity index (χ1) is 8.90. The second-order valence-corrected chi connectivity index (χ2v) is 10.6. The fourth-order valence-corrected chi connectivity index (χ4v) is 7.02. The van der Waals surface area contributed by atoms with E-state index in [-0.39, 0.29) is 46.5 Å². The molecule has 0 spiro atoms. The minimum absolute atomic E-state index is 0. The van der Waals surface area contributed by atoms with E-state index >= 15 is 0 Å². The molecule has 0 heterocycles. The molecule has 0 fully saturated rings. The van der Waals surface area contributed by atoms with Gasteiger partial charge in [-0.25, -0.2) is 21.5 Å². The fraction of sp³-hybridized carbons (Fsp3) is 0.556. The van der Waals surface area contributed by atoms with Crippen LogP contribution < -0.4 is 24.8 Å². The van der Waals surface area contributed by atoms with Gasteiger partial charge in [-0.15, -0.1) is 0 Å². The third kappa shape index (κ3) is 4.74. The molecular weight excluding hydrogens is 363 g/mol. The number of hydrogen-bond acceptors (Lipinski definition) is 0. The summed E-state index contributed by atoms with van der Waals surface area (Å²) in [5.74, 6) is 0.989. The second kappa shape index (κ2) is 9.69. The van der Waals surface area contributed by atoms with E-state index in [0.29, 0.717) is 11.8 Å². The Labute approximate surface area is 165 Å². The molecule has 22 heavy (non-hydrogen) atoms. The third-order valence-electron chi connectivity index (χ3n) is 4.34. The van der Waals surface area contributed by atoms with Gasteiger partial charge < -0.3 is 24.8 Å². The van der Waals surface area contributed by atoms with Gasteiger partial charge in [0.1, 0.15) is 0 Å². The molecule has 0 bridgehead atoms. The third-order valence-corrected chi connectivity index (χ3v) is 7.97. The minimum Gasteiger partial charge on any atom is -1.00 e. The van der Waals surface area contributed by atoms with Crippen molar-refractivity contribution in [1.29, 1.82) is 0 Å². The zero-order valence-corrected chi connectivity index (χ0v) is 18.6. The Kier molecular flexibility index (Phi) is 10.9. The Morgan fingerprint density at radius 2 is 1.18 bits per heavy atom. The molecule has 0 aliphatic heterocycles. The van der Waals surface area contributed by atoms with Crippen LogP contribution in [0.1, 0.15) is 40.5 Å². The maximum atomic E-state index is 3.63. The van der Waals surface area contributed by atoms with Gasteiger partial charge in [0, 0.05) is 0 Å². The number of allylic oxidation sites excluding steroid dienone is 8. The van der Waals surface area contributed by atoms with E-state index in [4.69, 9.17) is 0 Å². The van der Waals surface area contributed by atoms with Gasteiger partial charge in [-0.3, -0.25) is 12.2 Å². The fourth-order valence-electron chi connectivity index (χ4n) is 3.39. The standard InChI is InChI=1S/C18H26Si.2ClH.Ti/c1-7-15-9-13(3)11-17(15)19(5,6)18-12-14(4)10-16(18)8-2;;;/h11-14H,7-8H2,1-6H3;2*1H;/q-2;;;+4/p-2. The SMILES string of the molecule is CCC1=[C-]C(C)C=C1[Si](C)(C)C1=CC(C)[C-]=C1CC.[Cl-].[Cl-].[Ti+4]. The van der Waals surface area contributed by atoms with E-state index in [1.54, 1.807) is 10.4 Å². The van der Waals surface area contributed by atoms with E-state index in [2.05, 4.69) is 65.1 Å². The molecule has 0 aromatic heterocycles. The Morgan fingerprint density at radius 3 is 1.45 bits per heavy atom. The second-order valence-electron chi connectivity index (χ2n) is 6.32. The molecule has 2 atom stereocenters. The van der Waals surface area contributed by atoms with Crippen molar-refractivity contribution in [2.24, 2.45) is 11.8 Å². The normalized spacial score (nSPS) is 23.4. The van der Waals surface area contributed by atoms with Crippen molar-refractivity contribution in [3.8, 4) is 0 Å². The predicted molar refractivity (Wildman–Crippen MR) is 86.1 cm³/mol. The van der Waals surface area contributed by atoms with Gasteiger partial charge in [-0.2, -0.15) is 12.2 Å². The van der Waals surface area contributed by atoms with E-state index in [1.807, 2.05) is 0 Å². The maximum Gasteiger partial charge on any atom is 4.00 e. The minimum atomic E-state index is -1.57. The van der Waals surface area contributed by atoms with E-state index in [0.717, 1.165) is 12.8 Å². The van der Waals surface area contributed by atoms with E-state index < -0.39 is 8.07 Å². The van der Waals surface area contributed by atoms with Gasteiger partial charge in [0.2, 0.25) is 0 Å². The molecule has 0 N–H and O–H groups in total.